The Bertz CT molecular complexity index is 1880. The van der Waals surface area contributed by atoms with E-state index in [9.17, 15) is 9.59 Å². The van der Waals surface area contributed by atoms with Crippen LogP contribution in [-0.4, -0.2) is 54.1 Å². The number of fused-ring (bicyclic) bond motifs is 1. The van der Waals surface area contributed by atoms with Crippen molar-refractivity contribution in [1.29, 1.82) is 0 Å². The van der Waals surface area contributed by atoms with Gasteiger partial charge in [-0.25, -0.2) is 4.98 Å². The van der Waals surface area contributed by atoms with E-state index < -0.39 is 0 Å². The molecule has 2 amide bonds. The highest BCUT2D eigenvalue weighted by molar-refractivity contribution is 6.39. The summed E-state index contributed by atoms with van der Waals surface area (Å²) in [5.74, 6) is 0.757. The number of rotatable bonds is 11. The molecule has 2 saturated heterocycles. The summed E-state index contributed by atoms with van der Waals surface area (Å²) in [7, 11) is 1.61. The molecule has 49 heavy (non-hydrogen) atoms. The first kappa shape index (κ1) is 33.5. The number of aryl methyl sites for hydroxylation is 1. The van der Waals surface area contributed by atoms with Crippen LogP contribution in [0.15, 0.2) is 60.8 Å². The molecule has 2 aromatic carbocycles. The first-order chi connectivity index (χ1) is 23.9. The third-order valence-electron chi connectivity index (χ3n) is 9.76. The summed E-state index contributed by atoms with van der Waals surface area (Å²) < 4.78 is 5.66. The van der Waals surface area contributed by atoms with Crippen molar-refractivity contribution in [3.63, 3.8) is 0 Å². The molecule has 4 aromatic rings. The van der Waals surface area contributed by atoms with Crippen molar-refractivity contribution in [2.75, 3.05) is 20.2 Å². The van der Waals surface area contributed by atoms with Gasteiger partial charge in [-0.3, -0.25) is 14.6 Å². The lowest BCUT2D eigenvalue weighted by Crippen LogP contribution is -2.38. The summed E-state index contributed by atoms with van der Waals surface area (Å²) >= 11 is 14.3. The fourth-order valence-corrected chi connectivity index (χ4v) is 7.83. The molecular weight excluding hydrogens is 659 g/mol. The summed E-state index contributed by atoms with van der Waals surface area (Å²) in [5.41, 5.74) is 8.19. The second-order valence-electron chi connectivity index (χ2n) is 13.1. The minimum absolute atomic E-state index is 0.105. The topological polar surface area (TPSA) is 117 Å². The average Bonchev–Trinajstić information content (AvgIpc) is 3.74. The number of carbonyl (C=O) groups is 2. The quantitative estimate of drug-likeness (QED) is 0.143. The predicted octanol–water partition coefficient (Wildman–Crippen LogP) is 6.41. The van der Waals surface area contributed by atoms with Crippen LogP contribution < -0.4 is 26.0 Å². The molecule has 2 aromatic heterocycles. The third-order valence-corrected chi connectivity index (χ3v) is 10.6. The number of hydrogen-bond acceptors (Lipinski definition) is 7. The molecule has 1 aliphatic carbocycles. The zero-order chi connectivity index (χ0) is 33.9. The first-order valence-corrected chi connectivity index (χ1v) is 17.8. The normalized spacial score (nSPS) is 20.2. The molecule has 3 atom stereocenters. The lowest BCUT2D eigenvalue weighted by molar-refractivity contribution is -0.120. The largest absolute Gasteiger partial charge is 0.481 e. The molecule has 0 unspecified atom stereocenters. The molecule has 2 fully saturated rings. The Morgan fingerprint density at radius 3 is 2.20 bits per heavy atom. The van der Waals surface area contributed by atoms with Gasteiger partial charge in [0.05, 0.1) is 28.5 Å². The highest BCUT2D eigenvalue weighted by Gasteiger charge is 2.26. The van der Waals surface area contributed by atoms with Crippen LogP contribution in [0.5, 0.6) is 5.88 Å². The van der Waals surface area contributed by atoms with E-state index in [0.717, 1.165) is 77.7 Å². The van der Waals surface area contributed by atoms with Crippen molar-refractivity contribution >= 4 is 35.0 Å². The number of hydrogen-bond donors (Lipinski definition) is 4. The fraction of sp³-hybridized carbons (Fsp3) is 0.368. The number of nitrogens with one attached hydrogen (secondary N) is 4. The molecule has 0 radical (unpaired) electrons. The second kappa shape index (κ2) is 14.8. The number of pyridine rings is 2. The van der Waals surface area contributed by atoms with Gasteiger partial charge in [0.15, 0.2) is 0 Å². The smallest absolute Gasteiger partial charge is 0.220 e. The van der Waals surface area contributed by atoms with Crippen molar-refractivity contribution in [1.82, 2.24) is 31.2 Å². The maximum Gasteiger partial charge on any atom is 0.220 e. The van der Waals surface area contributed by atoms with Gasteiger partial charge >= 0.3 is 0 Å². The molecule has 0 saturated carbocycles. The van der Waals surface area contributed by atoms with Gasteiger partial charge < -0.3 is 26.0 Å². The minimum Gasteiger partial charge on any atom is -0.481 e. The zero-order valence-corrected chi connectivity index (χ0v) is 29.0. The Morgan fingerprint density at radius 1 is 0.837 bits per heavy atom. The van der Waals surface area contributed by atoms with Gasteiger partial charge in [-0.2, -0.15) is 0 Å². The van der Waals surface area contributed by atoms with Gasteiger partial charge in [0.25, 0.3) is 0 Å². The summed E-state index contributed by atoms with van der Waals surface area (Å²) in [6.07, 6.45) is 7.86. The summed E-state index contributed by atoms with van der Waals surface area (Å²) in [6, 6.07) is 18.5. The van der Waals surface area contributed by atoms with Gasteiger partial charge in [0, 0.05) is 90.2 Å². The van der Waals surface area contributed by atoms with Crippen LogP contribution in [0.3, 0.4) is 0 Å². The lowest BCUT2D eigenvalue weighted by atomic mass is 9.89. The Labute approximate surface area is 296 Å². The molecule has 7 rings (SSSR count). The van der Waals surface area contributed by atoms with E-state index in [1.54, 1.807) is 7.11 Å². The molecule has 3 aliphatic rings. The maximum atomic E-state index is 11.6. The second-order valence-corrected chi connectivity index (χ2v) is 13.8. The Hall–Kier alpha value is -4.02. The average molecular weight is 700 g/mol. The standard InChI is InChI=1S/C38H40Cl2N6O3/c1-49-38-23(18-41-20-25-12-15-33(47)44-25)11-14-31(46-38)30-9-4-8-29(36(30)40)28-7-3-6-27(35(28)39)24-17-22-5-2-10-32(37(22)43-19-24)42-21-26-13-16-34(48)45-26/h3-4,6-9,11,14,17,19,25-26,32,41-42H,2,5,10,12-13,15-16,18,20-21H2,1H3,(H,44,47)(H,45,48)/t25-,26+,32-/m0/s1. The lowest BCUT2D eigenvalue weighted by Gasteiger charge is -2.27. The molecule has 11 heteroatoms. The summed E-state index contributed by atoms with van der Waals surface area (Å²) in [4.78, 5) is 32.9. The van der Waals surface area contributed by atoms with Gasteiger partial charge in [-0.05, 0) is 49.8 Å². The first-order valence-electron chi connectivity index (χ1n) is 17.0. The van der Waals surface area contributed by atoms with Crippen molar-refractivity contribution in [3.05, 3.63) is 87.7 Å². The van der Waals surface area contributed by atoms with Gasteiger partial charge in [0.2, 0.25) is 17.7 Å². The Kier molecular flexibility index (Phi) is 10.1. The molecule has 0 spiro atoms. The number of ether oxygens (including phenoxy) is 1. The predicted molar refractivity (Wildman–Crippen MR) is 193 cm³/mol. The molecule has 254 valence electrons. The third kappa shape index (κ3) is 7.31. The van der Waals surface area contributed by atoms with E-state index in [-0.39, 0.29) is 29.9 Å². The number of carbonyl (C=O) groups excluding carboxylic acids is 2. The SMILES string of the molecule is COc1nc(-c2cccc(-c3cccc(-c4cnc5c(c4)CCC[C@@H]5NC[C@H]4CCC(=O)N4)c3Cl)c2Cl)ccc1CNC[C@@H]1CCC(=O)N1. The van der Waals surface area contributed by atoms with Crippen molar-refractivity contribution in [3.8, 4) is 39.4 Å². The van der Waals surface area contributed by atoms with Crippen molar-refractivity contribution < 1.29 is 14.3 Å². The molecule has 4 N–H and O–H groups in total. The molecular formula is C38H40Cl2N6O3. The van der Waals surface area contributed by atoms with Crippen LogP contribution in [0.1, 0.15) is 61.4 Å². The van der Waals surface area contributed by atoms with E-state index in [2.05, 4.69) is 27.3 Å². The van der Waals surface area contributed by atoms with Crippen LogP contribution in [0.25, 0.3) is 33.5 Å². The Morgan fingerprint density at radius 2 is 1.51 bits per heavy atom. The molecule has 0 bridgehead atoms. The highest BCUT2D eigenvalue weighted by Crippen LogP contribution is 2.43. The molecule has 4 heterocycles. The maximum absolute atomic E-state index is 11.6. The number of nitrogens with zero attached hydrogens (tertiary/aromatic N) is 2. The molecule has 2 aliphatic heterocycles. The van der Waals surface area contributed by atoms with E-state index in [1.165, 1.54) is 5.56 Å². The van der Waals surface area contributed by atoms with E-state index in [0.29, 0.717) is 47.6 Å². The van der Waals surface area contributed by atoms with E-state index >= 15 is 0 Å². The Balaban J connectivity index is 1.10. The van der Waals surface area contributed by atoms with Gasteiger partial charge in [-0.1, -0.05) is 65.7 Å². The number of amides is 2. The highest BCUT2D eigenvalue weighted by atomic mass is 35.5. The monoisotopic (exact) mass is 698 g/mol. The zero-order valence-electron chi connectivity index (χ0n) is 27.5. The van der Waals surface area contributed by atoms with E-state index in [1.807, 2.05) is 54.7 Å². The number of halogens is 2. The molecule has 9 nitrogen and oxygen atoms in total. The van der Waals surface area contributed by atoms with E-state index in [4.69, 9.17) is 37.9 Å². The van der Waals surface area contributed by atoms with Crippen LogP contribution >= 0.6 is 23.2 Å². The minimum atomic E-state index is 0.105. The number of methoxy groups -OCH3 is 1. The van der Waals surface area contributed by atoms with Crippen LogP contribution in [-0.2, 0) is 22.6 Å². The van der Waals surface area contributed by atoms with Crippen molar-refractivity contribution in [2.45, 2.75) is 69.6 Å². The van der Waals surface area contributed by atoms with Crippen LogP contribution in [0.2, 0.25) is 10.0 Å². The van der Waals surface area contributed by atoms with Crippen LogP contribution in [0.4, 0.5) is 0 Å². The van der Waals surface area contributed by atoms with Gasteiger partial charge in [0.1, 0.15) is 0 Å². The van der Waals surface area contributed by atoms with Crippen LogP contribution in [0, 0.1) is 0 Å². The summed E-state index contributed by atoms with van der Waals surface area (Å²) in [6.45, 7) is 2.00. The fourth-order valence-electron chi connectivity index (χ4n) is 7.17. The van der Waals surface area contributed by atoms with Gasteiger partial charge in [-0.15, -0.1) is 0 Å². The van der Waals surface area contributed by atoms with Crippen molar-refractivity contribution in [2.24, 2.45) is 0 Å². The summed E-state index contributed by atoms with van der Waals surface area (Å²) in [5, 5.41) is 14.2. The number of aromatic nitrogens is 2. The number of benzene rings is 2.